The van der Waals surface area contributed by atoms with E-state index in [2.05, 4.69) is 22.4 Å². The van der Waals surface area contributed by atoms with E-state index in [1.807, 2.05) is 39.0 Å². The number of amides is 1. The fraction of sp³-hybridized carbons (Fsp3) is 0.310. The number of nitrogen functional groups attached to an aromatic ring is 1. The Balaban J connectivity index is 2.13. The highest BCUT2D eigenvalue weighted by molar-refractivity contribution is 8.00. The number of carbonyl (C=O) groups is 1. The number of pyridine rings is 1. The zero-order valence-electron chi connectivity index (χ0n) is 22.8. The van der Waals surface area contributed by atoms with Crippen molar-refractivity contribution in [1.29, 1.82) is 10.5 Å². The van der Waals surface area contributed by atoms with Gasteiger partial charge < -0.3 is 25.3 Å². The fourth-order valence-electron chi connectivity index (χ4n) is 4.26. The van der Waals surface area contributed by atoms with Gasteiger partial charge in [-0.05, 0) is 48.6 Å². The Labute approximate surface area is 232 Å². The lowest BCUT2D eigenvalue weighted by molar-refractivity contribution is -0.115. The third-order valence-corrected chi connectivity index (χ3v) is 7.62. The number of ether oxygens (including phenoxy) is 3. The molecule has 10 heteroatoms. The van der Waals surface area contributed by atoms with Crippen LogP contribution >= 0.6 is 11.8 Å². The van der Waals surface area contributed by atoms with Crippen molar-refractivity contribution in [2.24, 2.45) is 0 Å². The largest absolute Gasteiger partial charge is 0.493 e. The molecule has 0 fully saturated rings. The monoisotopic (exact) mass is 545 g/mol. The van der Waals surface area contributed by atoms with Gasteiger partial charge in [0.15, 0.2) is 11.5 Å². The molecular formula is C29H31N5O4S. The second-order valence-electron chi connectivity index (χ2n) is 8.53. The lowest BCUT2D eigenvalue weighted by Gasteiger charge is -2.20. The molecule has 1 atom stereocenters. The van der Waals surface area contributed by atoms with E-state index in [1.54, 1.807) is 12.1 Å². The molecule has 0 bridgehead atoms. The molecule has 3 rings (SSSR count). The van der Waals surface area contributed by atoms with Gasteiger partial charge in [-0.3, -0.25) is 4.79 Å². The number of anilines is 2. The van der Waals surface area contributed by atoms with Crippen molar-refractivity contribution in [3.8, 4) is 40.5 Å². The molecule has 0 saturated carbocycles. The first-order valence-electron chi connectivity index (χ1n) is 12.3. The minimum Gasteiger partial charge on any atom is -0.493 e. The number of nitrogens with two attached hydrogens (primary N) is 1. The lowest BCUT2D eigenvalue weighted by Crippen LogP contribution is -2.26. The van der Waals surface area contributed by atoms with E-state index >= 15 is 0 Å². The van der Waals surface area contributed by atoms with Gasteiger partial charge in [0.05, 0.1) is 32.1 Å². The summed E-state index contributed by atoms with van der Waals surface area (Å²) in [5.41, 5.74) is 9.90. The molecular weight excluding hydrogens is 514 g/mol. The van der Waals surface area contributed by atoms with Crippen LogP contribution < -0.4 is 25.3 Å². The Bertz CT molecular complexity index is 1450. The van der Waals surface area contributed by atoms with Crippen molar-refractivity contribution in [2.45, 2.75) is 43.9 Å². The molecule has 0 aliphatic rings. The molecule has 1 amide bonds. The summed E-state index contributed by atoms with van der Waals surface area (Å²) >= 11 is 1.13. The number of carbonyl (C=O) groups excluding carboxylic acids is 1. The molecule has 3 N–H and O–H groups in total. The Morgan fingerprint density at radius 3 is 2.23 bits per heavy atom. The Hall–Kier alpha value is -4.41. The average Bonchev–Trinajstić information content (AvgIpc) is 2.95. The highest BCUT2D eigenvalue weighted by Gasteiger charge is 2.27. The third kappa shape index (κ3) is 5.87. The SMILES string of the molecule is CCc1cccc(C)c1NC(=O)C(CC)Sc1nc(N)c(C#N)c(-c2cc(OC)c(OC)c(OC)c2)c1C#N. The summed E-state index contributed by atoms with van der Waals surface area (Å²) in [7, 11) is 4.43. The Kier molecular flexibility index (Phi) is 9.64. The molecule has 9 nitrogen and oxygen atoms in total. The quantitative estimate of drug-likeness (QED) is 0.316. The molecule has 0 aliphatic carbocycles. The van der Waals surface area contributed by atoms with Crippen LogP contribution in [0.25, 0.3) is 11.1 Å². The predicted molar refractivity (Wildman–Crippen MR) is 152 cm³/mol. The zero-order chi connectivity index (χ0) is 28.7. The van der Waals surface area contributed by atoms with Gasteiger partial charge in [0.1, 0.15) is 28.5 Å². The number of para-hydroxylation sites is 1. The Morgan fingerprint density at radius 2 is 1.72 bits per heavy atom. The van der Waals surface area contributed by atoms with Crippen LogP contribution in [-0.4, -0.2) is 37.5 Å². The summed E-state index contributed by atoms with van der Waals surface area (Å²) in [4.78, 5) is 17.8. The lowest BCUT2D eigenvalue weighted by atomic mass is 9.96. The summed E-state index contributed by atoms with van der Waals surface area (Å²) in [5, 5.41) is 22.9. The maximum atomic E-state index is 13.4. The number of methoxy groups -OCH3 is 3. The van der Waals surface area contributed by atoms with Crippen molar-refractivity contribution in [2.75, 3.05) is 32.4 Å². The van der Waals surface area contributed by atoms with Crippen LogP contribution in [0.2, 0.25) is 0 Å². The fourth-order valence-corrected chi connectivity index (χ4v) is 5.28. The topological polar surface area (TPSA) is 143 Å². The van der Waals surface area contributed by atoms with Gasteiger partial charge in [-0.2, -0.15) is 10.5 Å². The first-order chi connectivity index (χ1) is 18.8. The van der Waals surface area contributed by atoms with Crippen LogP contribution in [0.1, 0.15) is 42.5 Å². The number of hydrogen-bond donors (Lipinski definition) is 2. The van der Waals surface area contributed by atoms with Gasteiger partial charge in [0, 0.05) is 11.3 Å². The number of rotatable bonds is 10. The van der Waals surface area contributed by atoms with Crippen molar-refractivity contribution < 1.29 is 19.0 Å². The van der Waals surface area contributed by atoms with Crippen LogP contribution in [0.5, 0.6) is 17.2 Å². The van der Waals surface area contributed by atoms with E-state index < -0.39 is 5.25 Å². The van der Waals surface area contributed by atoms with Crippen LogP contribution in [0.3, 0.4) is 0 Å². The normalized spacial score (nSPS) is 11.2. The smallest absolute Gasteiger partial charge is 0.237 e. The predicted octanol–water partition coefficient (Wildman–Crippen LogP) is 5.48. The number of aromatic nitrogens is 1. The van der Waals surface area contributed by atoms with E-state index in [-0.39, 0.29) is 33.4 Å². The van der Waals surface area contributed by atoms with Gasteiger partial charge >= 0.3 is 0 Å². The average molecular weight is 546 g/mol. The first-order valence-corrected chi connectivity index (χ1v) is 13.2. The van der Waals surface area contributed by atoms with Crippen LogP contribution in [0.4, 0.5) is 11.5 Å². The molecule has 3 aromatic rings. The third-order valence-electron chi connectivity index (χ3n) is 6.27. The Morgan fingerprint density at radius 1 is 1.08 bits per heavy atom. The first kappa shape index (κ1) is 29.2. The second-order valence-corrected chi connectivity index (χ2v) is 9.72. The summed E-state index contributed by atoms with van der Waals surface area (Å²) in [6, 6.07) is 13.4. The molecule has 1 heterocycles. The van der Waals surface area contributed by atoms with Crippen LogP contribution in [0, 0.1) is 29.6 Å². The maximum absolute atomic E-state index is 13.4. The molecule has 202 valence electrons. The number of nitrogens with zero attached hydrogens (tertiary/aromatic N) is 3. The number of thioether (sulfide) groups is 1. The highest BCUT2D eigenvalue weighted by Crippen LogP contribution is 2.45. The van der Waals surface area contributed by atoms with Crippen LogP contribution in [-0.2, 0) is 11.2 Å². The van der Waals surface area contributed by atoms with Gasteiger partial charge in [-0.15, -0.1) is 0 Å². The number of nitriles is 2. The summed E-state index contributed by atoms with van der Waals surface area (Å²) in [5.74, 6) is 0.794. The maximum Gasteiger partial charge on any atom is 0.237 e. The molecule has 1 aromatic heterocycles. The molecule has 0 radical (unpaired) electrons. The van der Waals surface area contributed by atoms with Crippen molar-refractivity contribution in [3.05, 3.63) is 52.6 Å². The number of benzene rings is 2. The van der Waals surface area contributed by atoms with E-state index in [0.717, 1.165) is 35.0 Å². The summed E-state index contributed by atoms with van der Waals surface area (Å²) in [6.45, 7) is 5.86. The molecule has 0 aliphatic heterocycles. The van der Waals surface area contributed by atoms with Gasteiger partial charge in [-0.1, -0.05) is 43.8 Å². The molecule has 0 spiro atoms. The van der Waals surface area contributed by atoms with E-state index in [0.29, 0.717) is 29.2 Å². The standard InChI is InChI=1S/C29H31N5O4S/c1-7-17-11-9-10-16(3)25(17)33-28(35)23(8-2)39-29-20(15-31)24(19(14-30)27(32)34-29)18-12-21(36-4)26(38-6)22(13-18)37-5/h9-13,23H,7-8H2,1-6H3,(H2,32,34)(H,33,35). The van der Waals surface area contributed by atoms with Crippen LogP contribution in [0.15, 0.2) is 35.4 Å². The van der Waals surface area contributed by atoms with Crippen molar-refractivity contribution in [1.82, 2.24) is 4.98 Å². The van der Waals surface area contributed by atoms with E-state index in [1.165, 1.54) is 21.3 Å². The molecule has 39 heavy (non-hydrogen) atoms. The summed E-state index contributed by atoms with van der Waals surface area (Å²) < 4.78 is 16.4. The minimum atomic E-state index is -0.575. The zero-order valence-corrected chi connectivity index (χ0v) is 23.7. The van der Waals surface area contributed by atoms with Gasteiger partial charge in [0.2, 0.25) is 11.7 Å². The van der Waals surface area contributed by atoms with Crippen molar-refractivity contribution >= 4 is 29.2 Å². The highest BCUT2D eigenvalue weighted by atomic mass is 32.2. The van der Waals surface area contributed by atoms with Gasteiger partial charge in [0.25, 0.3) is 0 Å². The van der Waals surface area contributed by atoms with E-state index in [4.69, 9.17) is 19.9 Å². The van der Waals surface area contributed by atoms with Crippen molar-refractivity contribution in [3.63, 3.8) is 0 Å². The number of hydrogen-bond acceptors (Lipinski definition) is 9. The van der Waals surface area contributed by atoms with E-state index in [9.17, 15) is 15.3 Å². The van der Waals surface area contributed by atoms with Gasteiger partial charge in [-0.25, -0.2) is 4.98 Å². The molecule has 0 saturated heterocycles. The number of nitrogens with one attached hydrogen (secondary N) is 1. The molecule has 1 unspecified atom stereocenters. The minimum absolute atomic E-state index is 0.0372. The second kappa shape index (κ2) is 12.9. The summed E-state index contributed by atoms with van der Waals surface area (Å²) in [6.07, 6.45) is 1.24. The number of aryl methyl sites for hydroxylation is 2. The molecule has 2 aromatic carbocycles.